The van der Waals surface area contributed by atoms with Crippen molar-refractivity contribution in [1.82, 2.24) is 0 Å². The summed E-state index contributed by atoms with van der Waals surface area (Å²) in [6.07, 6.45) is -0.924. The first-order valence-electron chi connectivity index (χ1n) is 9.32. The first-order chi connectivity index (χ1) is 14.9. The number of aromatic hydroxyl groups is 1. The molecule has 1 aliphatic rings. The van der Waals surface area contributed by atoms with Gasteiger partial charge < -0.3 is 20.1 Å². The topological polar surface area (TPSA) is 133 Å². The first-order valence-corrected chi connectivity index (χ1v) is 9.32. The third-order valence-corrected chi connectivity index (χ3v) is 5.18. The Kier molecular flexibility index (Phi) is 5.04. The molecule has 156 valence electrons. The van der Waals surface area contributed by atoms with Gasteiger partial charge in [0.05, 0.1) is 11.3 Å². The number of hydrogen-bond acceptors (Lipinski definition) is 5. The zero-order chi connectivity index (χ0) is 22.1. The van der Waals surface area contributed by atoms with Gasteiger partial charge in [0.2, 0.25) is 0 Å². The Morgan fingerprint density at radius 3 is 1.94 bits per heavy atom. The number of ether oxygens (including phenoxy) is 1. The smallest absolute Gasteiger partial charge is 0.411 e. The van der Waals surface area contributed by atoms with Gasteiger partial charge in [-0.05, 0) is 28.3 Å². The predicted octanol–water partition coefficient (Wildman–Crippen LogP) is 4.15. The second-order valence-corrected chi connectivity index (χ2v) is 6.98. The summed E-state index contributed by atoms with van der Waals surface area (Å²) in [5.74, 6) is -3.81. The maximum atomic E-state index is 12.4. The molecule has 0 heterocycles. The zero-order valence-electron chi connectivity index (χ0n) is 16.0. The van der Waals surface area contributed by atoms with Crippen molar-refractivity contribution in [3.8, 4) is 16.9 Å². The summed E-state index contributed by atoms with van der Waals surface area (Å²) in [4.78, 5) is 35.0. The van der Waals surface area contributed by atoms with Crippen LogP contribution in [0.25, 0.3) is 11.1 Å². The summed E-state index contributed by atoms with van der Waals surface area (Å²) in [6.45, 7) is 0.0153. The van der Waals surface area contributed by atoms with Crippen molar-refractivity contribution < 1.29 is 34.4 Å². The molecule has 0 aromatic heterocycles. The summed E-state index contributed by atoms with van der Waals surface area (Å²) >= 11 is 0. The predicted molar refractivity (Wildman–Crippen MR) is 111 cm³/mol. The number of carboxylic acids is 2. The minimum atomic E-state index is -1.49. The van der Waals surface area contributed by atoms with Crippen molar-refractivity contribution in [3.05, 3.63) is 82.9 Å². The third-order valence-electron chi connectivity index (χ3n) is 5.18. The lowest BCUT2D eigenvalue weighted by Gasteiger charge is -2.15. The molecule has 3 aromatic rings. The molecule has 0 fully saturated rings. The van der Waals surface area contributed by atoms with Crippen LogP contribution in [0, 0.1) is 0 Å². The van der Waals surface area contributed by atoms with Crippen LogP contribution in [-0.2, 0) is 4.74 Å². The normalized spacial score (nSPS) is 12.0. The molecule has 0 unspecified atom stereocenters. The monoisotopic (exact) mass is 419 g/mol. The highest BCUT2D eigenvalue weighted by molar-refractivity contribution is 6.03. The zero-order valence-corrected chi connectivity index (χ0v) is 16.0. The number of aromatic carboxylic acids is 2. The van der Waals surface area contributed by atoms with Gasteiger partial charge in [-0.3, -0.25) is 5.32 Å². The molecular weight excluding hydrogens is 402 g/mol. The van der Waals surface area contributed by atoms with Crippen molar-refractivity contribution >= 4 is 23.7 Å². The van der Waals surface area contributed by atoms with Crippen LogP contribution >= 0.6 is 0 Å². The van der Waals surface area contributed by atoms with Crippen molar-refractivity contribution in [2.24, 2.45) is 0 Å². The molecule has 8 nitrogen and oxygen atoms in total. The molecule has 3 aromatic carbocycles. The molecule has 0 atom stereocenters. The van der Waals surface area contributed by atoms with E-state index in [2.05, 4.69) is 5.32 Å². The van der Waals surface area contributed by atoms with Crippen molar-refractivity contribution in [1.29, 1.82) is 0 Å². The summed E-state index contributed by atoms with van der Waals surface area (Å²) in [6, 6.07) is 17.3. The van der Waals surface area contributed by atoms with Crippen LogP contribution in [0.3, 0.4) is 0 Å². The van der Waals surface area contributed by atoms with Gasteiger partial charge in [-0.15, -0.1) is 0 Å². The van der Waals surface area contributed by atoms with Gasteiger partial charge in [0.1, 0.15) is 17.9 Å². The highest BCUT2D eigenvalue weighted by Crippen LogP contribution is 2.44. The summed E-state index contributed by atoms with van der Waals surface area (Å²) in [5.41, 5.74) is 2.83. The number of benzene rings is 3. The van der Waals surface area contributed by atoms with E-state index >= 15 is 0 Å². The number of hydrogen-bond donors (Lipinski definition) is 4. The van der Waals surface area contributed by atoms with E-state index < -0.39 is 34.9 Å². The summed E-state index contributed by atoms with van der Waals surface area (Å²) in [7, 11) is 0. The summed E-state index contributed by atoms with van der Waals surface area (Å²) in [5, 5.41) is 30.5. The Bertz CT molecular complexity index is 1170. The van der Waals surface area contributed by atoms with Crippen LogP contribution in [0.1, 0.15) is 37.8 Å². The van der Waals surface area contributed by atoms with Gasteiger partial charge in [-0.1, -0.05) is 48.5 Å². The highest BCUT2D eigenvalue weighted by Gasteiger charge is 2.29. The Morgan fingerprint density at radius 2 is 1.39 bits per heavy atom. The minimum Gasteiger partial charge on any atom is -0.507 e. The molecule has 0 saturated carbocycles. The Labute approximate surface area is 176 Å². The Morgan fingerprint density at radius 1 is 0.839 bits per heavy atom. The minimum absolute atomic E-state index is 0.0153. The molecule has 0 radical (unpaired) electrons. The molecule has 0 aliphatic heterocycles. The molecule has 0 spiro atoms. The van der Waals surface area contributed by atoms with Gasteiger partial charge in [0.15, 0.2) is 0 Å². The van der Waals surface area contributed by atoms with Crippen LogP contribution in [0.15, 0.2) is 60.7 Å². The van der Waals surface area contributed by atoms with Crippen LogP contribution in [-0.4, -0.2) is 40.0 Å². The SMILES string of the molecule is O=C(Nc1cc(O)c(C(=O)O)cc1C(=O)O)OCC1c2ccccc2-c2ccccc21. The molecule has 1 aliphatic carbocycles. The van der Waals surface area contributed by atoms with Gasteiger partial charge in [-0.25, -0.2) is 14.4 Å². The molecule has 4 N–H and O–H groups in total. The molecule has 1 amide bonds. The number of amides is 1. The number of nitrogens with one attached hydrogen (secondary N) is 1. The molecule has 0 saturated heterocycles. The number of carbonyl (C=O) groups is 3. The fourth-order valence-corrected chi connectivity index (χ4v) is 3.78. The van der Waals surface area contributed by atoms with E-state index in [1.165, 1.54) is 0 Å². The van der Waals surface area contributed by atoms with Crippen LogP contribution in [0.4, 0.5) is 10.5 Å². The number of anilines is 1. The average Bonchev–Trinajstić information content (AvgIpc) is 3.05. The van der Waals surface area contributed by atoms with Gasteiger partial charge >= 0.3 is 18.0 Å². The fourth-order valence-electron chi connectivity index (χ4n) is 3.78. The van der Waals surface area contributed by atoms with Gasteiger partial charge in [0, 0.05) is 12.0 Å². The van der Waals surface area contributed by atoms with Crippen molar-refractivity contribution in [2.45, 2.75) is 5.92 Å². The number of carboxylic acid groups (broad SMARTS) is 2. The Balaban J connectivity index is 1.54. The van der Waals surface area contributed by atoms with E-state index in [0.717, 1.165) is 34.4 Å². The summed E-state index contributed by atoms with van der Waals surface area (Å²) < 4.78 is 5.35. The number of fused-ring (bicyclic) bond motifs is 3. The van der Waals surface area contributed by atoms with E-state index in [1.54, 1.807) is 0 Å². The third kappa shape index (κ3) is 3.66. The number of rotatable bonds is 5. The number of carbonyl (C=O) groups excluding carboxylic acids is 1. The fraction of sp³-hybridized carbons (Fsp3) is 0.0870. The maximum absolute atomic E-state index is 12.4. The van der Waals surface area contributed by atoms with E-state index in [4.69, 9.17) is 9.84 Å². The van der Waals surface area contributed by atoms with Crippen LogP contribution in [0.2, 0.25) is 0 Å². The van der Waals surface area contributed by atoms with Crippen LogP contribution < -0.4 is 5.32 Å². The lowest BCUT2D eigenvalue weighted by atomic mass is 9.98. The van der Waals surface area contributed by atoms with Gasteiger partial charge in [-0.2, -0.15) is 0 Å². The van der Waals surface area contributed by atoms with E-state index in [1.807, 2.05) is 48.5 Å². The molecule has 4 rings (SSSR count). The first kappa shape index (κ1) is 20.0. The lowest BCUT2D eigenvalue weighted by Crippen LogP contribution is -2.19. The largest absolute Gasteiger partial charge is 0.507 e. The maximum Gasteiger partial charge on any atom is 0.411 e. The Hall–Kier alpha value is -4.33. The lowest BCUT2D eigenvalue weighted by molar-refractivity contribution is 0.0693. The van der Waals surface area contributed by atoms with Gasteiger partial charge in [0.25, 0.3) is 0 Å². The molecular formula is C23H17NO7. The second-order valence-electron chi connectivity index (χ2n) is 6.98. The second kappa shape index (κ2) is 7.83. The van der Waals surface area contributed by atoms with E-state index in [-0.39, 0.29) is 18.2 Å². The van der Waals surface area contributed by atoms with Crippen LogP contribution in [0.5, 0.6) is 5.75 Å². The van der Waals surface area contributed by atoms with E-state index in [0.29, 0.717) is 0 Å². The average molecular weight is 419 g/mol. The van der Waals surface area contributed by atoms with E-state index in [9.17, 15) is 24.6 Å². The van der Waals surface area contributed by atoms with Crippen molar-refractivity contribution in [2.75, 3.05) is 11.9 Å². The number of phenols is 1. The molecule has 0 bridgehead atoms. The highest BCUT2D eigenvalue weighted by atomic mass is 16.5. The van der Waals surface area contributed by atoms with Crippen molar-refractivity contribution in [3.63, 3.8) is 0 Å². The molecule has 8 heteroatoms. The quantitative estimate of drug-likeness (QED) is 0.488. The molecule has 31 heavy (non-hydrogen) atoms. The standard InChI is InChI=1S/C23H17NO7/c25-20-10-19(16(21(26)27)9-17(20)22(28)29)24-23(30)31-11-18-14-7-3-1-5-12(14)13-6-2-4-8-15(13)18/h1-10,18,25H,11H2,(H,24,30)(H,26,27)(H,28,29).